The van der Waals surface area contributed by atoms with Crippen LogP contribution in [-0.2, 0) is 28.6 Å². The fourth-order valence-corrected chi connectivity index (χ4v) is 9.01. The van der Waals surface area contributed by atoms with Crippen LogP contribution in [-0.4, -0.2) is 37.2 Å². The van der Waals surface area contributed by atoms with E-state index >= 15 is 0 Å². The quantitative estimate of drug-likeness (QED) is 0.0261. The molecule has 0 heterocycles. The molecule has 0 spiro atoms. The Morgan fingerprint density at radius 3 is 0.735 bits per heavy atom. The number of allylic oxidation sites excluding steroid dienone is 26. The smallest absolute Gasteiger partial charge is 0.306 e. The maximum absolute atomic E-state index is 12.9. The number of rotatable bonds is 60. The zero-order chi connectivity index (χ0) is 59.9. The molecule has 6 nitrogen and oxygen atoms in total. The minimum atomic E-state index is -0.799. The summed E-state index contributed by atoms with van der Waals surface area (Å²) >= 11 is 0. The minimum Gasteiger partial charge on any atom is -0.462 e. The van der Waals surface area contributed by atoms with Gasteiger partial charge in [0, 0.05) is 19.3 Å². The highest BCUT2D eigenvalue weighted by Gasteiger charge is 2.19. The van der Waals surface area contributed by atoms with Crippen molar-refractivity contribution in [2.45, 2.75) is 297 Å². The van der Waals surface area contributed by atoms with Crippen LogP contribution in [0.4, 0.5) is 0 Å². The molecule has 0 fully saturated rings. The van der Waals surface area contributed by atoms with Crippen LogP contribution in [0.1, 0.15) is 290 Å². The Bertz CT molecular complexity index is 1840. The first-order valence-electron chi connectivity index (χ1n) is 34.0. The number of carbonyl (C=O) groups excluding carboxylic acids is 3. The summed E-state index contributed by atoms with van der Waals surface area (Å²) in [6.07, 6.45) is 101. The summed E-state index contributed by atoms with van der Waals surface area (Å²) in [7, 11) is 0. The Kier molecular flexibility index (Phi) is 65.4. The van der Waals surface area contributed by atoms with E-state index in [4.69, 9.17) is 14.2 Å². The number of carbonyl (C=O) groups is 3. The van der Waals surface area contributed by atoms with Crippen LogP contribution in [0.15, 0.2) is 158 Å². The summed E-state index contributed by atoms with van der Waals surface area (Å²) in [6, 6.07) is 0. The summed E-state index contributed by atoms with van der Waals surface area (Å²) in [5.41, 5.74) is 0. The van der Waals surface area contributed by atoms with Crippen molar-refractivity contribution >= 4 is 17.9 Å². The lowest BCUT2D eigenvalue weighted by Gasteiger charge is -2.18. The molecular formula is C77H124O6. The van der Waals surface area contributed by atoms with Gasteiger partial charge in [0.2, 0.25) is 0 Å². The van der Waals surface area contributed by atoms with Gasteiger partial charge in [0.25, 0.3) is 0 Å². The average molecular weight is 1150 g/mol. The van der Waals surface area contributed by atoms with Crippen LogP contribution in [0.3, 0.4) is 0 Å². The van der Waals surface area contributed by atoms with E-state index in [0.29, 0.717) is 19.3 Å². The second kappa shape index (κ2) is 69.5. The highest BCUT2D eigenvalue weighted by molar-refractivity contribution is 5.71. The molecule has 0 saturated heterocycles. The van der Waals surface area contributed by atoms with Crippen molar-refractivity contribution in [1.82, 2.24) is 0 Å². The molecule has 0 rings (SSSR count). The van der Waals surface area contributed by atoms with Gasteiger partial charge in [-0.1, -0.05) is 301 Å². The third-order valence-corrected chi connectivity index (χ3v) is 14.0. The van der Waals surface area contributed by atoms with Crippen molar-refractivity contribution in [3.8, 4) is 0 Å². The maximum Gasteiger partial charge on any atom is 0.306 e. The third kappa shape index (κ3) is 67.7. The lowest BCUT2D eigenvalue weighted by atomic mass is 10.1. The zero-order valence-corrected chi connectivity index (χ0v) is 53.7. The number of unbranched alkanes of at least 4 members (excludes halogenated alkanes) is 23. The molecule has 0 aliphatic carbocycles. The number of ether oxygens (including phenoxy) is 3. The molecule has 0 N–H and O–H groups in total. The van der Waals surface area contributed by atoms with Gasteiger partial charge in [-0.2, -0.15) is 0 Å². The summed E-state index contributed by atoms with van der Waals surface area (Å²) < 4.78 is 16.9. The van der Waals surface area contributed by atoms with Gasteiger partial charge < -0.3 is 14.2 Å². The molecule has 468 valence electrons. The number of hydrogen-bond donors (Lipinski definition) is 0. The van der Waals surface area contributed by atoms with E-state index in [1.165, 1.54) is 89.9 Å². The van der Waals surface area contributed by atoms with E-state index in [1.807, 2.05) is 0 Å². The van der Waals surface area contributed by atoms with Gasteiger partial charge in [0.15, 0.2) is 6.10 Å². The molecule has 83 heavy (non-hydrogen) atoms. The first-order valence-corrected chi connectivity index (χ1v) is 34.0. The van der Waals surface area contributed by atoms with Crippen molar-refractivity contribution in [2.24, 2.45) is 0 Å². The Hall–Kier alpha value is -4.97. The molecule has 0 aromatic carbocycles. The monoisotopic (exact) mass is 1140 g/mol. The van der Waals surface area contributed by atoms with E-state index in [2.05, 4.69) is 179 Å². The predicted molar refractivity (Wildman–Crippen MR) is 362 cm³/mol. The highest BCUT2D eigenvalue weighted by atomic mass is 16.6. The lowest BCUT2D eigenvalue weighted by molar-refractivity contribution is -0.167. The fraction of sp³-hybridized carbons (Fsp3) is 0.623. The van der Waals surface area contributed by atoms with Gasteiger partial charge in [-0.3, -0.25) is 14.4 Å². The van der Waals surface area contributed by atoms with Gasteiger partial charge in [-0.05, 0) is 128 Å². The largest absolute Gasteiger partial charge is 0.462 e. The Morgan fingerprint density at radius 1 is 0.253 bits per heavy atom. The number of esters is 3. The summed E-state index contributed by atoms with van der Waals surface area (Å²) in [6.45, 7) is 6.39. The van der Waals surface area contributed by atoms with Gasteiger partial charge in [0.1, 0.15) is 13.2 Å². The molecule has 0 aromatic rings. The highest BCUT2D eigenvalue weighted by Crippen LogP contribution is 2.15. The molecule has 0 saturated carbocycles. The fourth-order valence-electron chi connectivity index (χ4n) is 9.01. The Morgan fingerprint density at radius 2 is 0.470 bits per heavy atom. The van der Waals surface area contributed by atoms with E-state index < -0.39 is 6.10 Å². The van der Waals surface area contributed by atoms with E-state index in [-0.39, 0.29) is 31.1 Å². The molecule has 0 aliphatic rings. The molecule has 1 atom stereocenters. The van der Waals surface area contributed by atoms with E-state index in [9.17, 15) is 14.4 Å². The van der Waals surface area contributed by atoms with E-state index in [1.54, 1.807) is 0 Å². The summed E-state index contributed by atoms with van der Waals surface area (Å²) in [4.78, 5) is 38.3. The normalized spacial score (nSPS) is 13.1. The van der Waals surface area contributed by atoms with Crippen LogP contribution < -0.4 is 0 Å². The van der Waals surface area contributed by atoms with Crippen molar-refractivity contribution in [1.29, 1.82) is 0 Å². The molecule has 0 amide bonds. The van der Waals surface area contributed by atoms with Crippen molar-refractivity contribution < 1.29 is 28.6 Å². The third-order valence-electron chi connectivity index (χ3n) is 14.0. The summed E-state index contributed by atoms with van der Waals surface area (Å²) in [5, 5.41) is 0. The van der Waals surface area contributed by atoms with Gasteiger partial charge in [0.05, 0.1) is 0 Å². The molecule has 1 unspecified atom stereocenters. The van der Waals surface area contributed by atoms with Gasteiger partial charge >= 0.3 is 17.9 Å². The molecule has 6 heteroatoms. The van der Waals surface area contributed by atoms with Crippen molar-refractivity contribution in [2.75, 3.05) is 13.2 Å². The van der Waals surface area contributed by atoms with Crippen molar-refractivity contribution in [3.63, 3.8) is 0 Å². The molecule has 0 aliphatic heterocycles. The second-order valence-electron chi connectivity index (χ2n) is 22.0. The topological polar surface area (TPSA) is 78.9 Å². The van der Waals surface area contributed by atoms with Crippen molar-refractivity contribution in [3.05, 3.63) is 158 Å². The maximum atomic E-state index is 12.9. The predicted octanol–water partition coefficient (Wildman–Crippen LogP) is 23.7. The molecular weight excluding hydrogens is 1020 g/mol. The van der Waals surface area contributed by atoms with Crippen LogP contribution in [0, 0.1) is 0 Å². The number of hydrogen-bond acceptors (Lipinski definition) is 6. The minimum absolute atomic E-state index is 0.0923. The second-order valence-corrected chi connectivity index (χ2v) is 22.0. The van der Waals surface area contributed by atoms with Crippen LogP contribution in [0.25, 0.3) is 0 Å². The average Bonchev–Trinajstić information content (AvgIpc) is 3.48. The van der Waals surface area contributed by atoms with Crippen LogP contribution in [0.2, 0.25) is 0 Å². The van der Waals surface area contributed by atoms with Crippen LogP contribution in [0.5, 0.6) is 0 Å². The first-order chi connectivity index (χ1) is 41.0. The molecule has 0 bridgehead atoms. The Labute approximate surface area is 511 Å². The molecule has 0 radical (unpaired) electrons. The van der Waals surface area contributed by atoms with E-state index in [0.717, 1.165) is 161 Å². The summed E-state index contributed by atoms with van der Waals surface area (Å²) in [5.74, 6) is -0.924. The van der Waals surface area contributed by atoms with Crippen LogP contribution >= 0.6 is 0 Å². The Balaban J connectivity index is 4.37. The lowest BCUT2D eigenvalue weighted by Crippen LogP contribution is -2.30. The van der Waals surface area contributed by atoms with Gasteiger partial charge in [-0.15, -0.1) is 0 Å². The SMILES string of the molecule is CC/C=C\C/C=C\C/C=C\C/C=C\C/C=C\C/C=C\C/C=C\C/C=C\CCCCCCC(=O)OCC(COC(=O)CCCCCCCCCCCCC)OC(=O)CCCCCCCCCCC/C=C\C/C=C\C/C=C\C/C=C\C/C=C\CC. The zero-order valence-electron chi connectivity index (χ0n) is 53.7. The van der Waals surface area contributed by atoms with Gasteiger partial charge in [-0.25, -0.2) is 0 Å². The standard InChI is InChI=1S/C77H124O6/c1-4-7-10-13-16-19-22-24-26-28-30-32-34-36-37-38-39-41-42-44-46-48-50-52-55-58-61-64-67-70-76(79)82-73-74(72-81-75(78)69-66-63-60-57-54-21-18-15-12-9-6-3)83-77(80)71-68-65-62-59-56-53-51-49-47-45-43-40-35-33-31-29-27-25-23-20-17-14-11-8-5-2/h7-8,10-11,16-17,19-20,24-27,30-33,36-37,39-41,43-44,46,50,52,74H,4-6,9,12-15,18,21-23,28-29,34-35,38,42,45,47-49,51,53-73H2,1-3H3/b10-7-,11-8-,19-16-,20-17-,26-24-,27-25-,32-30-,33-31-,37-36-,41-39-,43-40-,46-44-,52-50-. The first kappa shape index (κ1) is 78.0. The molecule has 0 aromatic heterocycles.